The summed E-state index contributed by atoms with van der Waals surface area (Å²) in [5.74, 6) is 1.12. The van der Waals surface area contributed by atoms with Gasteiger partial charge in [-0.1, -0.05) is 25.0 Å². The van der Waals surface area contributed by atoms with Gasteiger partial charge in [0.2, 0.25) is 6.29 Å². The van der Waals surface area contributed by atoms with Gasteiger partial charge in [-0.25, -0.2) is 0 Å². The summed E-state index contributed by atoms with van der Waals surface area (Å²) in [6.07, 6.45) is 1.86. The van der Waals surface area contributed by atoms with Crippen molar-refractivity contribution in [1.82, 2.24) is 5.32 Å². The predicted octanol–water partition coefficient (Wildman–Crippen LogP) is 6.08. The van der Waals surface area contributed by atoms with Crippen LogP contribution < -0.4 is 15.5 Å². The summed E-state index contributed by atoms with van der Waals surface area (Å²) >= 11 is 0. The number of nitrogens with one attached hydrogen (secondary N) is 2. The maximum Gasteiger partial charge on any atom is 0.446 e. The molecule has 196 valence electrons. The molecule has 5 nitrogen and oxygen atoms in total. The van der Waals surface area contributed by atoms with Gasteiger partial charge in [-0.05, 0) is 87.4 Å². The third kappa shape index (κ3) is 5.19. The lowest BCUT2D eigenvalue weighted by molar-refractivity contribution is -0.156. The number of carbonyl (C=O) groups is 1. The van der Waals surface area contributed by atoms with Gasteiger partial charge in [-0.2, -0.15) is 13.2 Å². The van der Waals surface area contributed by atoms with Gasteiger partial charge in [0.25, 0.3) is 0 Å². The SMILES string of the molecule is CCN(CC)c1ccccc1Nc1cc2c(cc1O)[C@]13CCCC[C@@H]1[C@H](C2)NCC3.O=CC(F)(F)F. The number of hydrogen-bond acceptors (Lipinski definition) is 5. The van der Waals surface area contributed by atoms with E-state index in [1.807, 2.05) is 0 Å². The van der Waals surface area contributed by atoms with Crippen LogP contribution >= 0.6 is 0 Å². The standard InChI is InChI=1S/C26H35N3O.C2HF3O/c1-3-29(4-2)24-11-6-5-10-21(24)28-23-16-18-15-22-19-9-7-8-12-26(19,13-14-27-22)20(18)17-25(23)30;3-2(4,5)1-6/h5-6,10-11,16-17,19,22,27-28,30H,3-4,7-9,12-15H2,1-2H3;1H/t19-,22+,26+;/m1./s1. The number of carbonyl (C=O) groups excluding carboxylic acids is 1. The molecule has 1 heterocycles. The molecule has 0 amide bonds. The van der Waals surface area contributed by atoms with E-state index in [0.29, 0.717) is 11.8 Å². The second kappa shape index (κ2) is 10.7. The van der Waals surface area contributed by atoms with E-state index in [1.165, 1.54) is 48.9 Å². The summed E-state index contributed by atoms with van der Waals surface area (Å²) < 4.78 is 31.2. The Bertz CT molecular complexity index is 1070. The summed E-state index contributed by atoms with van der Waals surface area (Å²) in [5.41, 5.74) is 6.20. The van der Waals surface area contributed by atoms with Crippen molar-refractivity contribution >= 4 is 23.3 Å². The van der Waals surface area contributed by atoms with Crippen molar-refractivity contribution in [3.05, 3.63) is 47.5 Å². The maximum absolute atomic E-state index is 11.1. The van der Waals surface area contributed by atoms with Crippen molar-refractivity contribution in [2.24, 2.45) is 5.92 Å². The van der Waals surface area contributed by atoms with Gasteiger partial charge < -0.3 is 20.6 Å². The number of aldehydes is 1. The Kier molecular flexibility index (Phi) is 7.83. The van der Waals surface area contributed by atoms with E-state index in [-0.39, 0.29) is 5.41 Å². The molecule has 2 bridgehead atoms. The number of nitrogens with zero attached hydrogens (tertiary/aromatic N) is 1. The van der Waals surface area contributed by atoms with Crippen LogP contribution in [0.3, 0.4) is 0 Å². The summed E-state index contributed by atoms with van der Waals surface area (Å²) in [4.78, 5) is 11.0. The highest BCUT2D eigenvalue weighted by Gasteiger charge is 2.51. The molecule has 0 radical (unpaired) electrons. The number of aromatic hydroxyl groups is 1. The Morgan fingerprint density at radius 1 is 1.14 bits per heavy atom. The molecule has 3 N–H and O–H groups in total. The van der Waals surface area contributed by atoms with Crippen molar-refractivity contribution in [2.75, 3.05) is 29.9 Å². The Morgan fingerprint density at radius 3 is 2.56 bits per heavy atom. The minimum absolute atomic E-state index is 0.275. The van der Waals surface area contributed by atoms with Crippen molar-refractivity contribution in [3.63, 3.8) is 0 Å². The summed E-state index contributed by atoms with van der Waals surface area (Å²) in [6, 6.07) is 13.3. The fourth-order valence-electron chi connectivity index (χ4n) is 6.64. The molecule has 3 aliphatic rings. The fourth-order valence-corrected chi connectivity index (χ4v) is 6.64. The first kappa shape index (κ1) is 26.3. The average molecular weight is 504 g/mol. The topological polar surface area (TPSA) is 64.6 Å². The first-order valence-electron chi connectivity index (χ1n) is 13.0. The zero-order valence-electron chi connectivity index (χ0n) is 21.0. The number of benzene rings is 2. The Morgan fingerprint density at radius 2 is 1.86 bits per heavy atom. The molecule has 0 unspecified atom stereocenters. The molecule has 8 heteroatoms. The zero-order chi connectivity index (χ0) is 25.9. The van der Waals surface area contributed by atoms with Crippen molar-refractivity contribution < 1.29 is 23.1 Å². The highest BCUT2D eigenvalue weighted by atomic mass is 19.4. The Labute approximate surface area is 211 Å². The smallest absolute Gasteiger partial charge is 0.446 e. The number of anilines is 3. The minimum Gasteiger partial charge on any atom is -0.506 e. The van der Waals surface area contributed by atoms with Crippen molar-refractivity contribution in [3.8, 4) is 5.75 Å². The van der Waals surface area contributed by atoms with Gasteiger partial charge in [0, 0.05) is 24.5 Å². The van der Waals surface area contributed by atoms with Crippen molar-refractivity contribution in [1.29, 1.82) is 0 Å². The van der Waals surface area contributed by atoms with Crippen LogP contribution in [0.1, 0.15) is 57.1 Å². The van der Waals surface area contributed by atoms with E-state index >= 15 is 0 Å². The molecular weight excluding hydrogens is 467 g/mol. The first-order valence-corrected chi connectivity index (χ1v) is 13.0. The number of alkyl halides is 3. The molecule has 2 aromatic rings. The molecule has 1 aliphatic heterocycles. The largest absolute Gasteiger partial charge is 0.506 e. The van der Waals surface area contributed by atoms with Crippen LogP contribution in [0.25, 0.3) is 0 Å². The number of rotatable bonds is 5. The number of piperidine rings is 1. The summed E-state index contributed by atoms with van der Waals surface area (Å²) in [5, 5.41) is 18.4. The molecule has 3 atom stereocenters. The molecule has 5 rings (SSSR count). The molecule has 0 aromatic heterocycles. The fraction of sp³-hybridized carbons (Fsp3) is 0.536. The van der Waals surface area contributed by atoms with Gasteiger partial charge >= 0.3 is 6.18 Å². The zero-order valence-corrected chi connectivity index (χ0v) is 21.0. The quantitative estimate of drug-likeness (QED) is 0.341. The number of halogens is 3. The number of para-hydroxylation sites is 2. The highest BCUT2D eigenvalue weighted by molar-refractivity contribution is 5.78. The second-order valence-corrected chi connectivity index (χ2v) is 10.0. The van der Waals surface area contributed by atoms with Crippen LogP contribution in [0.15, 0.2) is 36.4 Å². The van der Waals surface area contributed by atoms with Crippen LogP contribution in [0.2, 0.25) is 0 Å². The summed E-state index contributed by atoms with van der Waals surface area (Å²) in [6.45, 7) is 7.40. The lowest BCUT2D eigenvalue weighted by atomic mass is 9.53. The average Bonchev–Trinajstić information content (AvgIpc) is 2.87. The third-order valence-corrected chi connectivity index (χ3v) is 8.17. The first-order chi connectivity index (χ1) is 17.2. The summed E-state index contributed by atoms with van der Waals surface area (Å²) in [7, 11) is 0. The Balaban J connectivity index is 0.000000455. The van der Waals surface area contributed by atoms with Gasteiger partial charge in [-0.15, -0.1) is 0 Å². The van der Waals surface area contributed by atoms with Gasteiger partial charge in [0.05, 0.1) is 17.1 Å². The molecule has 2 aromatic carbocycles. The third-order valence-electron chi connectivity index (χ3n) is 8.17. The maximum atomic E-state index is 11.1. The number of fused-ring (bicyclic) bond motifs is 1. The van der Waals surface area contributed by atoms with Crippen molar-refractivity contribution in [2.45, 2.75) is 70.0 Å². The molecule has 36 heavy (non-hydrogen) atoms. The van der Waals surface area contributed by atoms with Crippen LogP contribution in [-0.2, 0) is 16.6 Å². The van der Waals surface area contributed by atoms with Gasteiger partial charge in [0.15, 0.2) is 0 Å². The number of hydrogen-bond donors (Lipinski definition) is 3. The minimum atomic E-state index is -4.64. The number of phenols is 1. The lowest BCUT2D eigenvalue weighted by Gasteiger charge is -2.56. The monoisotopic (exact) mass is 503 g/mol. The number of phenolic OH excluding ortho intramolecular Hbond substituents is 1. The normalized spacial score (nSPS) is 24.5. The Hall–Kier alpha value is -2.74. The highest BCUT2D eigenvalue weighted by Crippen LogP contribution is 2.55. The van der Waals surface area contributed by atoms with Crippen LogP contribution in [-0.4, -0.2) is 43.2 Å². The van der Waals surface area contributed by atoms with Crippen LogP contribution in [0, 0.1) is 5.92 Å². The van der Waals surface area contributed by atoms with E-state index in [9.17, 15) is 18.3 Å². The van der Waals surface area contributed by atoms with E-state index in [0.717, 1.165) is 43.3 Å². The molecule has 2 fully saturated rings. The predicted molar refractivity (Wildman–Crippen MR) is 137 cm³/mol. The van der Waals surface area contributed by atoms with E-state index in [4.69, 9.17) is 4.79 Å². The molecule has 0 spiro atoms. The second-order valence-electron chi connectivity index (χ2n) is 10.0. The molecule has 1 saturated heterocycles. The van der Waals surface area contributed by atoms with Crippen LogP contribution in [0.5, 0.6) is 5.75 Å². The van der Waals surface area contributed by atoms with E-state index in [2.05, 4.69) is 65.8 Å². The van der Waals surface area contributed by atoms with Gasteiger partial charge in [-0.3, -0.25) is 4.79 Å². The molecule has 2 aliphatic carbocycles. The lowest BCUT2D eigenvalue weighted by Crippen LogP contribution is -2.59. The van der Waals surface area contributed by atoms with E-state index in [1.54, 1.807) is 0 Å². The van der Waals surface area contributed by atoms with Gasteiger partial charge in [0.1, 0.15) is 5.75 Å². The van der Waals surface area contributed by atoms with E-state index < -0.39 is 12.5 Å². The molecular formula is C28H36F3N3O2. The molecule has 1 saturated carbocycles. The van der Waals surface area contributed by atoms with Crippen LogP contribution in [0.4, 0.5) is 30.2 Å².